The Morgan fingerprint density at radius 3 is 2.19 bits per heavy atom. The summed E-state index contributed by atoms with van der Waals surface area (Å²) in [5, 5.41) is 3.15. The summed E-state index contributed by atoms with van der Waals surface area (Å²) in [5.41, 5.74) is 4.35. The Morgan fingerprint density at radius 1 is 0.938 bits per heavy atom. The van der Waals surface area contributed by atoms with Crippen LogP contribution < -0.4 is 10.0 Å². The molecule has 168 valence electrons. The van der Waals surface area contributed by atoms with Gasteiger partial charge >= 0.3 is 0 Å². The topological polar surface area (TPSA) is 75.3 Å². The van der Waals surface area contributed by atoms with Gasteiger partial charge in [0.05, 0.1) is 5.02 Å². The minimum atomic E-state index is -4.12. The van der Waals surface area contributed by atoms with Crippen molar-refractivity contribution in [2.24, 2.45) is 0 Å². The highest BCUT2D eigenvalue weighted by Crippen LogP contribution is 2.26. The molecule has 0 radical (unpaired) electrons. The summed E-state index contributed by atoms with van der Waals surface area (Å²) in [7, 11) is -4.12. The molecule has 1 amide bonds. The van der Waals surface area contributed by atoms with Gasteiger partial charge in [0.25, 0.3) is 0 Å². The van der Waals surface area contributed by atoms with E-state index >= 15 is 0 Å². The van der Waals surface area contributed by atoms with Gasteiger partial charge in [0.15, 0.2) is 0 Å². The summed E-state index contributed by atoms with van der Waals surface area (Å²) in [6.07, 6.45) is 0.161. The zero-order valence-electron chi connectivity index (χ0n) is 17.9. The van der Waals surface area contributed by atoms with Gasteiger partial charge in [-0.05, 0) is 62.1 Å². The van der Waals surface area contributed by atoms with E-state index in [0.29, 0.717) is 5.69 Å². The highest BCUT2D eigenvalue weighted by molar-refractivity contribution is 7.89. The largest absolute Gasteiger partial charge is 0.324 e. The maximum atomic E-state index is 13.3. The lowest BCUT2D eigenvalue weighted by Gasteiger charge is -2.21. The van der Waals surface area contributed by atoms with Crippen molar-refractivity contribution < 1.29 is 13.2 Å². The van der Waals surface area contributed by atoms with Crippen LogP contribution in [0.5, 0.6) is 0 Å². The lowest BCUT2D eigenvalue weighted by Crippen LogP contribution is -2.45. The predicted octanol–water partition coefficient (Wildman–Crippen LogP) is 5.45. The molecule has 0 fully saturated rings. The van der Waals surface area contributed by atoms with Gasteiger partial charge in [-0.2, -0.15) is 4.72 Å². The number of halogens is 2. The van der Waals surface area contributed by atoms with Gasteiger partial charge in [0, 0.05) is 10.7 Å². The molecule has 3 aromatic rings. The average Bonchev–Trinajstić information content (AvgIpc) is 2.72. The first kappa shape index (κ1) is 24.3. The van der Waals surface area contributed by atoms with E-state index in [-0.39, 0.29) is 21.4 Å². The molecule has 0 spiro atoms. The van der Waals surface area contributed by atoms with E-state index in [1.807, 2.05) is 63.2 Å². The Labute approximate surface area is 198 Å². The van der Waals surface area contributed by atoms with E-state index < -0.39 is 22.0 Å². The van der Waals surface area contributed by atoms with Gasteiger partial charge in [-0.15, -0.1) is 0 Å². The summed E-state index contributed by atoms with van der Waals surface area (Å²) in [4.78, 5) is 13.1. The normalized spacial score (nSPS) is 12.4. The fourth-order valence-electron chi connectivity index (χ4n) is 3.56. The first-order valence-corrected chi connectivity index (χ1v) is 12.2. The van der Waals surface area contributed by atoms with E-state index in [1.165, 1.54) is 18.2 Å². The van der Waals surface area contributed by atoms with Crippen LogP contribution in [0.3, 0.4) is 0 Å². The zero-order chi connectivity index (χ0) is 23.5. The van der Waals surface area contributed by atoms with Gasteiger partial charge in [-0.3, -0.25) is 4.79 Å². The Morgan fingerprint density at radius 2 is 1.56 bits per heavy atom. The van der Waals surface area contributed by atoms with E-state index in [2.05, 4.69) is 10.0 Å². The van der Waals surface area contributed by atoms with Crippen LogP contribution in [0.2, 0.25) is 10.0 Å². The van der Waals surface area contributed by atoms with Crippen molar-refractivity contribution >= 4 is 44.8 Å². The van der Waals surface area contributed by atoms with Gasteiger partial charge < -0.3 is 5.32 Å². The zero-order valence-corrected chi connectivity index (χ0v) is 20.3. The molecule has 0 saturated carbocycles. The molecule has 32 heavy (non-hydrogen) atoms. The molecule has 5 nitrogen and oxygen atoms in total. The minimum Gasteiger partial charge on any atom is -0.324 e. The number of hydrogen-bond acceptors (Lipinski definition) is 3. The number of nitrogens with one attached hydrogen (secondary N) is 2. The van der Waals surface area contributed by atoms with E-state index in [9.17, 15) is 13.2 Å². The monoisotopic (exact) mass is 490 g/mol. The highest BCUT2D eigenvalue weighted by atomic mass is 35.5. The van der Waals surface area contributed by atoms with Crippen LogP contribution in [0.25, 0.3) is 0 Å². The van der Waals surface area contributed by atoms with Crippen LogP contribution in [0.4, 0.5) is 5.69 Å². The van der Waals surface area contributed by atoms with Crippen LogP contribution in [-0.4, -0.2) is 20.4 Å². The van der Waals surface area contributed by atoms with Crippen molar-refractivity contribution in [2.75, 3.05) is 5.32 Å². The molecule has 0 aliphatic carbocycles. The number of anilines is 1. The first-order chi connectivity index (χ1) is 15.1. The van der Waals surface area contributed by atoms with E-state index in [1.54, 1.807) is 0 Å². The maximum Gasteiger partial charge on any atom is 0.242 e. The van der Waals surface area contributed by atoms with Crippen molar-refractivity contribution in [1.29, 1.82) is 0 Å². The Hall–Kier alpha value is -2.38. The molecule has 1 atom stereocenters. The SMILES string of the molecule is Cc1cc(C)c(NC(=O)[C@H](Cc2ccccc2)NS(=O)(=O)c2cc(Cl)ccc2Cl)c(C)c1. The van der Waals surface area contributed by atoms with Crippen molar-refractivity contribution in [3.05, 3.63) is 93.0 Å². The molecule has 0 aromatic heterocycles. The molecule has 2 N–H and O–H groups in total. The molecule has 3 rings (SSSR count). The molecule has 0 saturated heterocycles. The second kappa shape index (κ2) is 10.0. The van der Waals surface area contributed by atoms with Gasteiger partial charge in [-0.1, -0.05) is 71.2 Å². The van der Waals surface area contributed by atoms with Crippen molar-refractivity contribution in [3.8, 4) is 0 Å². The number of carbonyl (C=O) groups is 1. The lowest BCUT2D eigenvalue weighted by molar-refractivity contribution is -0.117. The second-order valence-corrected chi connectivity index (χ2v) is 10.2. The third-order valence-electron chi connectivity index (χ3n) is 5.00. The number of rotatable bonds is 7. The summed E-state index contributed by atoms with van der Waals surface area (Å²) in [5.74, 6) is -0.467. The minimum absolute atomic E-state index is 0.0194. The molecule has 3 aromatic carbocycles. The first-order valence-electron chi connectivity index (χ1n) is 9.97. The summed E-state index contributed by atoms with van der Waals surface area (Å²) in [6, 6.07) is 16.2. The molecule has 0 bridgehead atoms. The Balaban J connectivity index is 1.95. The predicted molar refractivity (Wildman–Crippen MR) is 130 cm³/mol. The second-order valence-electron chi connectivity index (χ2n) is 7.70. The third kappa shape index (κ3) is 5.90. The van der Waals surface area contributed by atoms with Crippen LogP contribution >= 0.6 is 23.2 Å². The highest BCUT2D eigenvalue weighted by Gasteiger charge is 2.28. The standard InChI is InChI=1S/C24H24Cl2N2O3S/c1-15-11-16(2)23(17(3)12-15)27-24(29)21(13-18-7-5-4-6-8-18)28-32(30,31)22-14-19(25)9-10-20(22)26/h4-12,14,21,28H,13H2,1-3H3,(H,27,29)/t21-/m0/s1. The molecule has 8 heteroatoms. The number of benzene rings is 3. The molecule has 0 heterocycles. The van der Waals surface area contributed by atoms with Crippen molar-refractivity contribution in [2.45, 2.75) is 38.1 Å². The fourth-order valence-corrected chi connectivity index (χ4v) is 5.52. The van der Waals surface area contributed by atoms with Crippen molar-refractivity contribution in [3.63, 3.8) is 0 Å². The smallest absolute Gasteiger partial charge is 0.242 e. The molecular formula is C24H24Cl2N2O3S. The molecular weight excluding hydrogens is 467 g/mol. The maximum absolute atomic E-state index is 13.3. The number of amides is 1. The van der Waals surface area contributed by atoms with Gasteiger partial charge in [0.1, 0.15) is 10.9 Å². The third-order valence-corrected chi connectivity index (χ3v) is 7.19. The summed E-state index contributed by atoms with van der Waals surface area (Å²) >= 11 is 12.1. The van der Waals surface area contributed by atoms with Crippen LogP contribution in [0.1, 0.15) is 22.3 Å². The number of sulfonamides is 1. The van der Waals surface area contributed by atoms with Crippen LogP contribution in [-0.2, 0) is 21.2 Å². The molecule has 0 unspecified atom stereocenters. The summed E-state index contributed by atoms with van der Waals surface area (Å²) < 4.78 is 28.7. The van der Waals surface area contributed by atoms with Gasteiger partial charge in [-0.25, -0.2) is 8.42 Å². The van der Waals surface area contributed by atoms with E-state index in [0.717, 1.165) is 22.3 Å². The van der Waals surface area contributed by atoms with E-state index in [4.69, 9.17) is 23.2 Å². The van der Waals surface area contributed by atoms with Crippen LogP contribution in [0, 0.1) is 20.8 Å². The quantitative estimate of drug-likeness (QED) is 0.462. The van der Waals surface area contributed by atoms with Gasteiger partial charge in [0.2, 0.25) is 15.9 Å². The Bertz CT molecular complexity index is 1220. The fraction of sp³-hybridized carbons (Fsp3) is 0.208. The van der Waals surface area contributed by atoms with Crippen molar-refractivity contribution in [1.82, 2.24) is 4.72 Å². The lowest BCUT2D eigenvalue weighted by atomic mass is 10.0. The van der Waals surface area contributed by atoms with Crippen LogP contribution in [0.15, 0.2) is 65.6 Å². The molecule has 0 aliphatic heterocycles. The number of aryl methyl sites for hydroxylation is 3. The average molecular weight is 491 g/mol. The number of carbonyl (C=O) groups excluding carboxylic acids is 1. The molecule has 0 aliphatic rings. The number of hydrogen-bond donors (Lipinski definition) is 2. The summed E-state index contributed by atoms with van der Waals surface area (Å²) in [6.45, 7) is 5.78. The Kier molecular flexibility index (Phi) is 7.62.